The number of carbonyl (C=O) groups excluding carboxylic acids is 2. The highest BCUT2D eigenvalue weighted by atomic mass is 31.2. The average molecular weight is 210 g/mol. The SMILES string of the molecule is C=CC(=O)OCC(=O)OP(=O)(O)O. The molecule has 2 N–H and O–H groups in total. The Labute approximate surface area is 73.2 Å². The molecule has 0 saturated carbocycles. The molecular weight excluding hydrogens is 203 g/mol. The van der Waals surface area contributed by atoms with Crippen LogP contribution in [0.2, 0.25) is 0 Å². The van der Waals surface area contributed by atoms with Gasteiger partial charge in [-0.05, 0) is 0 Å². The van der Waals surface area contributed by atoms with Gasteiger partial charge in [-0.2, -0.15) is 0 Å². The molecule has 0 heterocycles. The van der Waals surface area contributed by atoms with Crippen LogP contribution in [0.25, 0.3) is 0 Å². The standard InChI is InChI=1S/C5H7O7P/c1-2-4(6)11-3-5(7)12-13(8,9)10/h2H,1,3H2,(H2,8,9,10). The fourth-order valence-electron chi connectivity index (χ4n) is 0.348. The number of hydrogen-bond acceptors (Lipinski definition) is 5. The first-order valence-electron chi connectivity index (χ1n) is 2.92. The molecule has 0 aromatic heterocycles. The zero-order valence-corrected chi connectivity index (χ0v) is 7.27. The van der Waals surface area contributed by atoms with E-state index in [4.69, 9.17) is 9.79 Å². The Kier molecular flexibility index (Phi) is 4.33. The molecule has 0 amide bonds. The number of phosphoric acid groups is 1. The van der Waals surface area contributed by atoms with Crippen LogP contribution in [0.1, 0.15) is 0 Å². The van der Waals surface area contributed by atoms with Crippen molar-refractivity contribution in [3.8, 4) is 0 Å². The molecule has 0 saturated heterocycles. The highest BCUT2D eigenvalue weighted by molar-refractivity contribution is 7.46. The number of ether oxygens (including phenoxy) is 1. The van der Waals surface area contributed by atoms with E-state index >= 15 is 0 Å². The first-order chi connectivity index (χ1) is 5.85. The molecule has 7 nitrogen and oxygen atoms in total. The summed E-state index contributed by atoms with van der Waals surface area (Å²) < 4.78 is 17.7. The molecule has 0 atom stereocenters. The van der Waals surface area contributed by atoms with Gasteiger partial charge in [0.1, 0.15) is 0 Å². The van der Waals surface area contributed by atoms with Crippen LogP contribution in [0.5, 0.6) is 0 Å². The van der Waals surface area contributed by atoms with E-state index in [1.165, 1.54) is 0 Å². The predicted molar refractivity (Wildman–Crippen MR) is 39.3 cm³/mol. The molecule has 13 heavy (non-hydrogen) atoms. The summed E-state index contributed by atoms with van der Waals surface area (Å²) in [7, 11) is -4.86. The van der Waals surface area contributed by atoms with E-state index < -0.39 is 26.4 Å². The molecule has 0 unspecified atom stereocenters. The number of carbonyl (C=O) groups is 2. The van der Waals surface area contributed by atoms with Gasteiger partial charge in [-0.1, -0.05) is 6.58 Å². The van der Waals surface area contributed by atoms with Crippen molar-refractivity contribution in [2.45, 2.75) is 0 Å². The minimum atomic E-state index is -4.86. The van der Waals surface area contributed by atoms with Crippen LogP contribution in [-0.4, -0.2) is 28.3 Å². The summed E-state index contributed by atoms with van der Waals surface area (Å²) in [6, 6.07) is 0. The lowest BCUT2D eigenvalue weighted by atomic mass is 10.6. The Morgan fingerprint density at radius 2 is 2.00 bits per heavy atom. The van der Waals surface area contributed by atoms with Gasteiger partial charge in [0, 0.05) is 6.08 Å². The molecule has 0 bridgehead atoms. The average Bonchev–Trinajstić information content (AvgIpc) is 1.97. The van der Waals surface area contributed by atoms with Gasteiger partial charge in [0.25, 0.3) is 0 Å². The molecular formula is C5H7O7P. The summed E-state index contributed by atoms with van der Waals surface area (Å²) in [6.07, 6.45) is 0.796. The predicted octanol–water partition coefficient (Wildman–Crippen LogP) is -0.649. The third-order valence-electron chi connectivity index (χ3n) is 0.720. The van der Waals surface area contributed by atoms with Gasteiger partial charge in [-0.15, -0.1) is 0 Å². The smallest absolute Gasteiger partial charge is 0.451 e. The lowest BCUT2D eigenvalue weighted by Crippen LogP contribution is -2.13. The van der Waals surface area contributed by atoms with E-state index in [1.807, 2.05) is 0 Å². The normalized spacial score (nSPS) is 10.3. The first-order valence-corrected chi connectivity index (χ1v) is 4.45. The van der Waals surface area contributed by atoms with Crippen molar-refractivity contribution in [1.29, 1.82) is 0 Å². The quantitative estimate of drug-likeness (QED) is 0.360. The molecule has 0 fully saturated rings. The van der Waals surface area contributed by atoms with Crippen molar-refractivity contribution >= 4 is 19.8 Å². The van der Waals surface area contributed by atoms with Gasteiger partial charge < -0.3 is 9.26 Å². The Balaban J connectivity index is 3.83. The summed E-state index contributed by atoms with van der Waals surface area (Å²) in [5, 5.41) is 0. The van der Waals surface area contributed by atoms with Gasteiger partial charge in [-0.25, -0.2) is 14.2 Å². The molecule has 0 aliphatic carbocycles. The van der Waals surface area contributed by atoms with Crippen molar-refractivity contribution < 1.29 is 33.2 Å². The fraction of sp³-hybridized carbons (Fsp3) is 0.200. The Hall–Kier alpha value is -1.17. The summed E-state index contributed by atoms with van der Waals surface area (Å²) in [4.78, 5) is 37.0. The van der Waals surface area contributed by atoms with E-state index in [-0.39, 0.29) is 0 Å². The highest BCUT2D eigenvalue weighted by Crippen LogP contribution is 2.35. The third-order valence-corrected chi connectivity index (χ3v) is 1.16. The minimum Gasteiger partial charge on any atom is -0.451 e. The van der Waals surface area contributed by atoms with Crippen molar-refractivity contribution in [2.75, 3.05) is 6.61 Å². The van der Waals surface area contributed by atoms with Gasteiger partial charge in [0.2, 0.25) is 0 Å². The number of hydrogen-bond donors (Lipinski definition) is 2. The van der Waals surface area contributed by atoms with Crippen LogP contribution >= 0.6 is 7.82 Å². The zero-order valence-electron chi connectivity index (χ0n) is 6.37. The lowest BCUT2D eigenvalue weighted by Gasteiger charge is -2.04. The monoisotopic (exact) mass is 210 g/mol. The van der Waals surface area contributed by atoms with Crippen LogP contribution in [0.4, 0.5) is 0 Å². The second-order valence-electron chi connectivity index (χ2n) is 1.77. The molecule has 0 aliphatic heterocycles. The van der Waals surface area contributed by atoms with Crippen molar-refractivity contribution in [2.24, 2.45) is 0 Å². The van der Waals surface area contributed by atoms with Crippen molar-refractivity contribution in [3.05, 3.63) is 12.7 Å². The van der Waals surface area contributed by atoms with Crippen LogP contribution < -0.4 is 0 Å². The van der Waals surface area contributed by atoms with E-state index in [2.05, 4.69) is 15.8 Å². The van der Waals surface area contributed by atoms with E-state index in [0.717, 1.165) is 6.08 Å². The highest BCUT2D eigenvalue weighted by Gasteiger charge is 2.20. The molecule has 0 radical (unpaired) electrons. The van der Waals surface area contributed by atoms with Gasteiger partial charge >= 0.3 is 19.8 Å². The van der Waals surface area contributed by atoms with Gasteiger partial charge in [0.05, 0.1) is 0 Å². The molecule has 74 valence electrons. The van der Waals surface area contributed by atoms with Crippen molar-refractivity contribution in [3.63, 3.8) is 0 Å². The van der Waals surface area contributed by atoms with Gasteiger partial charge in [-0.3, -0.25) is 9.79 Å². The zero-order chi connectivity index (χ0) is 10.5. The van der Waals surface area contributed by atoms with Crippen LogP contribution in [0.15, 0.2) is 12.7 Å². The second-order valence-corrected chi connectivity index (χ2v) is 2.93. The van der Waals surface area contributed by atoms with E-state index in [1.54, 1.807) is 0 Å². The largest absolute Gasteiger partial charge is 0.527 e. The van der Waals surface area contributed by atoms with Gasteiger partial charge in [0.15, 0.2) is 6.61 Å². The van der Waals surface area contributed by atoms with Crippen LogP contribution in [-0.2, 0) is 23.4 Å². The fourth-order valence-corrected chi connectivity index (χ4v) is 0.666. The molecule has 0 aromatic carbocycles. The number of rotatable bonds is 4. The molecule has 0 spiro atoms. The number of phosphoric ester groups is 1. The Morgan fingerprint density at radius 3 is 2.38 bits per heavy atom. The molecule has 0 aromatic rings. The minimum absolute atomic E-state index is 0.796. The van der Waals surface area contributed by atoms with Crippen molar-refractivity contribution in [1.82, 2.24) is 0 Å². The lowest BCUT2D eigenvalue weighted by molar-refractivity contribution is -0.150. The Bertz CT molecular complexity index is 264. The summed E-state index contributed by atoms with van der Waals surface area (Å²) in [6.45, 7) is 2.17. The van der Waals surface area contributed by atoms with E-state index in [0.29, 0.717) is 0 Å². The Morgan fingerprint density at radius 1 is 1.46 bits per heavy atom. The first kappa shape index (κ1) is 11.8. The maximum absolute atomic E-state index is 10.5. The second kappa shape index (κ2) is 4.76. The summed E-state index contributed by atoms with van der Waals surface area (Å²) in [5.74, 6) is -2.22. The summed E-state index contributed by atoms with van der Waals surface area (Å²) >= 11 is 0. The molecule has 0 rings (SSSR count). The maximum atomic E-state index is 10.5. The van der Waals surface area contributed by atoms with Crippen LogP contribution in [0, 0.1) is 0 Å². The maximum Gasteiger partial charge on any atom is 0.527 e. The molecule has 0 aliphatic rings. The van der Waals surface area contributed by atoms with E-state index in [9.17, 15) is 14.2 Å². The summed E-state index contributed by atoms with van der Waals surface area (Å²) in [5.41, 5.74) is 0. The third kappa shape index (κ3) is 7.20. The topological polar surface area (TPSA) is 110 Å². The van der Waals surface area contributed by atoms with Crippen LogP contribution in [0.3, 0.4) is 0 Å². The molecule has 8 heteroatoms. The number of esters is 1.